The molecule has 2 N–H and O–H groups in total. The molecule has 140 valence electrons. The van der Waals surface area contributed by atoms with Gasteiger partial charge in [-0.3, -0.25) is 4.99 Å². The average molecular weight is 350 g/mol. The highest BCUT2D eigenvalue weighted by molar-refractivity contribution is 5.79. The van der Waals surface area contributed by atoms with E-state index >= 15 is 0 Å². The normalized spacial score (nSPS) is 16.2. The molecule has 0 aliphatic carbocycles. The Morgan fingerprint density at radius 1 is 1.44 bits per heavy atom. The van der Waals surface area contributed by atoms with Gasteiger partial charge >= 0.3 is 6.09 Å². The molecule has 0 bridgehead atoms. The average Bonchev–Trinajstić information content (AvgIpc) is 3.04. The Morgan fingerprint density at radius 2 is 2.16 bits per heavy atom. The van der Waals surface area contributed by atoms with Gasteiger partial charge in [0.1, 0.15) is 5.82 Å². The third-order valence-corrected chi connectivity index (χ3v) is 4.27. The SMILES string of the molecule is CN=C(NCc1nccn1CC(C)C)NC1CCN(C(=O)OC)CC1. The number of rotatable bonds is 5. The lowest BCUT2D eigenvalue weighted by Crippen LogP contribution is -2.49. The summed E-state index contributed by atoms with van der Waals surface area (Å²) in [5.41, 5.74) is 0. The summed E-state index contributed by atoms with van der Waals surface area (Å²) in [6, 6.07) is 0.294. The van der Waals surface area contributed by atoms with Gasteiger partial charge < -0.3 is 24.8 Å². The first-order valence-electron chi connectivity index (χ1n) is 8.83. The van der Waals surface area contributed by atoms with E-state index in [4.69, 9.17) is 4.74 Å². The molecule has 1 saturated heterocycles. The van der Waals surface area contributed by atoms with Crippen molar-refractivity contribution < 1.29 is 9.53 Å². The van der Waals surface area contributed by atoms with Crippen LogP contribution in [-0.2, 0) is 17.8 Å². The number of guanidine groups is 1. The number of carbonyl (C=O) groups is 1. The summed E-state index contributed by atoms with van der Waals surface area (Å²) < 4.78 is 6.93. The number of likely N-dealkylation sites (tertiary alicyclic amines) is 1. The number of methoxy groups -OCH3 is 1. The molecule has 1 fully saturated rings. The van der Waals surface area contributed by atoms with E-state index in [-0.39, 0.29) is 6.09 Å². The lowest BCUT2D eigenvalue weighted by molar-refractivity contribution is 0.111. The maximum Gasteiger partial charge on any atom is 0.409 e. The topological polar surface area (TPSA) is 83.8 Å². The van der Waals surface area contributed by atoms with Crippen LogP contribution in [-0.4, -0.2) is 59.8 Å². The highest BCUT2D eigenvalue weighted by Gasteiger charge is 2.23. The van der Waals surface area contributed by atoms with E-state index in [1.165, 1.54) is 7.11 Å². The van der Waals surface area contributed by atoms with E-state index in [1.807, 2.05) is 12.4 Å². The molecule has 0 unspecified atom stereocenters. The van der Waals surface area contributed by atoms with Crippen LogP contribution in [0.25, 0.3) is 0 Å². The van der Waals surface area contributed by atoms with Crippen molar-refractivity contribution >= 4 is 12.1 Å². The fourth-order valence-electron chi connectivity index (χ4n) is 2.95. The minimum absolute atomic E-state index is 0.252. The van der Waals surface area contributed by atoms with Crippen molar-refractivity contribution in [3.63, 3.8) is 0 Å². The molecular weight excluding hydrogens is 320 g/mol. The van der Waals surface area contributed by atoms with Crippen LogP contribution in [0.1, 0.15) is 32.5 Å². The number of hydrogen-bond donors (Lipinski definition) is 2. The Labute approximate surface area is 149 Å². The van der Waals surface area contributed by atoms with E-state index in [2.05, 4.69) is 39.0 Å². The van der Waals surface area contributed by atoms with Gasteiger partial charge in [-0.05, 0) is 18.8 Å². The summed E-state index contributed by atoms with van der Waals surface area (Å²) >= 11 is 0. The van der Waals surface area contributed by atoms with E-state index < -0.39 is 0 Å². The third-order valence-electron chi connectivity index (χ3n) is 4.27. The molecular formula is C17H30N6O2. The monoisotopic (exact) mass is 350 g/mol. The van der Waals surface area contributed by atoms with E-state index in [9.17, 15) is 4.79 Å². The molecule has 1 amide bonds. The standard InChI is InChI=1S/C17H30N6O2/c1-13(2)12-23-10-7-19-15(23)11-20-16(18-3)21-14-5-8-22(9-6-14)17(24)25-4/h7,10,13-14H,5-6,8-9,11-12H2,1-4H3,(H2,18,20,21). The highest BCUT2D eigenvalue weighted by atomic mass is 16.5. The second-order valence-corrected chi connectivity index (χ2v) is 6.69. The second-order valence-electron chi connectivity index (χ2n) is 6.69. The molecule has 0 saturated carbocycles. The zero-order chi connectivity index (χ0) is 18.2. The minimum Gasteiger partial charge on any atom is -0.453 e. The van der Waals surface area contributed by atoms with Crippen molar-refractivity contribution in [2.45, 2.75) is 45.8 Å². The van der Waals surface area contributed by atoms with E-state index in [1.54, 1.807) is 11.9 Å². The summed E-state index contributed by atoms with van der Waals surface area (Å²) in [5, 5.41) is 6.76. The quantitative estimate of drug-likeness (QED) is 0.620. The predicted octanol–water partition coefficient (Wildman–Crippen LogP) is 1.43. The van der Waals surface area contributed by atoms with Crippen LogP contribution in [0.15, 0.2) is 17.4 Å². The highest BCUT2D eigenvalue weighted by Crippen LogP contribution is 2.11. The number of aromatic nitrogens is 2. The number of ether oxygens (including phenoxy) is 1. The van der Waals surface area contributed by atoms with Crippen molar-refractivity contribution in [1.82, 2.24) is 25.1 Å². The first-order chi connectivity index (χ1) is 12.0. The van der Waals surface area contributed by atoms with Gasteiger partial charge in [0, 0.05) is 45.1 Å². The zero-order valence-electron chi connectivity index (χ0n) is 15.7. The number of nitrogens with one attached hydrogen (secondary N) is 2. The third kappa shape index (κ3) is 5.65. The second kappa shape index (κ2) is 9.29. The Hall–Kier alpha value is -2.25. The summed E-state index contributed by atoms with van der Waals surface area (Å²) in [6.45, 7) is 7.35. The van der Waals surface area contributed by atoms with E-state index in [0.717, 1.165) is 31.2 Å². The zero-order valence-corrected chi connectivity index (χ0v) is 15.7. The Balaban J connectivity index is 1.80. The molecule has 1 aromatic rings. The largest absolute Gasteiger partial charge is 0.453 e. The van der Waals surface area contributed by atoms with Crippen LogP contribution in [0.5, 0.6) is 0 Å². The molecule has 2 rings (SSSR count). The van der Waals surface area contributed by atoms with Gasteiger partial charge in [-0.2, -0.15) is 0 Å². The maximum absolute atomic E-state index is 11.5. The maximum atomic E-state index is 11.5. The van der Waals surface area contributed by atoms with Crippen molar-refractivity contribution in [2.75, 3.05) is 27.2 Å². The number of imidazole rings is 1. The van der Waals surface area contributed by atoms with Crippen molar-refractivity contribution in [2.24, 2.45) is 10.9 Å². The predicted molar refractivity (Wildman–Crippen MR) is 97.4 cm³/mol. The molecule has 0 aromatic carbocycles. The molecule has 0 atom stereocenters. The summed E-state index contributed by atoms with van der Waals surface area (Å²) in [5.74, 6) is 2.33. The number of nitrogens with zero attached hydrogens (tertiary/aromatic N) is 4. The molecule has 1 aliphatic heterocycles. The first-order valence-corrected chi connectivity index (χ1v) is 8.83. The van der Waals surface area contributed by atoms with Crippen molar-refractivity contribution in [1.29, 1.82) is 0 Å². The Kier molecular flexibility index (Phi) is 7.09. The van der Waals surface area contributed by atoms with Gasteiger partial charge in [0.05, 0.1) is 13.7 Å². The van der Waals surface area contributed by atoms with Crippen LogP contribution in [0.2, 0.25) is 0 Å². The van der Waals surface area contributed by atoms with E-state index in [0.29, 0.717) is 31.6 Å². The lowest BCUT2D eigenvalue weighted by atomic mass is 10.1. The molecule has 2 heterocycles. The number of hydrogen-bond acceptors (Lipinski definition) is 4. The minimum atomic E-state index is -0.252. The smallest absolute Gasteiger partial charge is 0.409 e. The number of aliphatic imine (C=N–C) groups is 1. The van der Waals surface area contributed by atoms with Gasteiger partial charge in [-0.1, -0.05) is 13.8 Å². The molecule has 0 radical (unpaired) electrons. The van der Waals surface area contributed by atoms with Gasteiger partial charge in [0.25, 0.3) is 0 Å². The van der Waals surface area contributed by atoms with Crippen molar-refractivity contribution in [3.8, 4) is 0 Å². The molecule has 25 heavy (non-hydrogen) atoms. The Morgan fingerprint density at radius 3 is 2.76 bits per heavy atom. The van der Waals surface area contributed by atoms with Gasteiger partial charge in [-0.25, -0.2) is 9.78 Å². The Bertz CT molecular complexity index is 575. The molecule has 8 nitrogen and oxygen atoms in total. The van der Waals surface area contributed by atoms with Gasteiger partial charge in [0.2, 0.25) is 0 Å². The number of carbonyl (C=O) groups excluding carboxylic acids is 1. The van der Waals surface area contributed by atoms with Crippen LogP contribution in [0.3, 0.4) is 0 Å². The van der Waals surface area contributed by atoms with Crippen LogP contribution >= 0.6 is 0 Å². The molecule has 1 aliphatic rings. The summed E-state index contributed by atoms with van der Waals surface area (Å²) in [7, 11) is 3.18. The van der Waals surface area contributed by atoms with Gasteiger partial charge in [0.15, 0.2) is 5.96 Å². The van der Waals surface area contributed by atoms with Crippen LogP contribution < -0.4 is 10.6 Å². The fourth-order valence-corrected chi connectivity index (χ4v) is 2.95. The number of amides is 1. The molecule has 8 heteroatoms. The lowest BCUT2D eigenvalue weighted by Gasteiger charge is -2.32. The van der Waals surface area contributed by atoms with Gasteiger partial charge in [-0.15, -0.1) is 0 Å². The summed E-state index contributed by atoms with van der Waals surface area (Å²) in [4.78, 5) is 22.0. The number of piperidine rings is 1. The summed E-state index contributed by atoms with van der Waals surface area (Å²) in [6.07, 6.45) is 5.33. The van der Waals surface area contributed by atoms with Crippen LogP contribution in [0, 0.1) is 5.92 Å². The first kappa shape index (κ1) is 19.1. The molecule has 1 aromatic heterocycles. The fraction of sp³-hybridized carbons (Fsp3) is 0.706. The van der Waals surface area contributed by atoms with Crippen molar-refractivity contribution in [3.05, 3.63) is 18.2 Å². The van der Waals surface area contributed by atoms with Crippen LogP contribution in [0.4, 0.5) is 4.79 Å². The molecule has 0 spiro atoms.